The molecule has 0 atom stereocenters. The van der Waals surface area contributed by atoms with Crippen LogP contribution in [0.2, 0.25) is 0 Å². The highest BCUT2D eigenvalue weighted by Crippen LogP contribution is 2.47. The normalized spacial score (nSPS) is 17.1. The van der Waals surface area contributed by atoms with E-state index in [-0.39, 0.29) is 23.6 Å². The molecule has 2 aromatic rings. The zero-order valence-electron chi connectivity index (χ0n) is 20.0. The number of alkyl halides is 3. The molecule has 2 heterocycles. The van der Waals surface area contributed by atoms with Crippen LogP contribution in [0, 0.1) is 0 Å². The molecule has 2 aromatic carbocycles. The summed E-state index contributed by atoms with van der Waals surface area (Å²) in [5.74, 6) is 1.19. The lowest BCUT2D eigenvalue weighted by atomic mass is 9.74. The molecule has 190 valence electrons. The number of rotatable bonds is 9. The monoisotopic (exact) mass is 491 g/mol. The van der Waals surface area contributed by atoms with Crippen molar-refractivity contribution in [1.82, 2.24) is 4.90 Å². The largest absolute Gasteiger partial charge is 0.492 e. The van der Waals surface area contributed by atoms with Crippen LogP contribution in [0.3, 0.4) is 0 Å². The molecule has 5 nitrogen and oxygen atoms in total. The molecule has 8 heteroatoms. The van der Waals surface area contributed by atoms with Crippen molar-refractivity contribution < 1.29 is 32.2 Å². The van der Waals surface area contributed by atoms with Crippen LogP contribution in [0.25, 0.3) is 0 Å². The third-order valence-electron chi connectivity index (χ3n) is 6.95. The topological polar surface area (TPSA) is 48.0 Å². The summed E-state index contributed by atoms with van der Waals surface area (Å²) in [6, 6.07) is 11.0. The number of likely N-dealkylation sites (tertiary alicyclic amines) is 1. The number of nitrogens with zero attached hydrogens (tertiary/aromatic N) is 1. The highest BCUT2D eigenvalue weighted by molar-refractivity contribution is 5.69. The third kappa shape index (κ3) is 6.10. The molecular weight excluding hydrogens is 459 g/mol. The Kier molecular flexibility index (Phi) is 7.89. The van der Waals surface area contributed by atoms with Gasteiger partial charge in [0, 0.05) is 23.1 Å². The predicted octanol–water partition coefficient (Wildman–Crippen LogP) is 5.74. The molecule has 4 rings (SSSR count). The Morgan fingerprint density at radius 1 is 1.14 bits per heavy atom. The number of benzene rings is 2. The van der Waals surface area contributed by atoms with Crippen LogP contribution in [0.5, 0.6) is 11.5 Å². The summed E-state index contributed by atoms with van der Waals surface area (Å²) < 4.78 is 56.9. The molecule has 0 amide bonds. The van der Waals surface area contributed by atoms with Crippen molar-refractivity contribution in [3.8, 4) is 11.5 Å². The maximum atomic E-state index is 13.3. The van der Waals surface area contributed by atoms with E-state index in [4.69, 9.17) is 14.2 Å². The van der Waals surface area contributed by atoms with Gasteiger partial charge in [0.15, 0.2) is 0 Å². The molecule has 0 saturated carbocycles. The van der Waals surface area contributed by atoms with E-state index in [0.717, 1.165) is 56.2 Å². The van der Waals surface area contributed by atoms with Gasteiger partial charge in [0.2, 0.25) is 0 Å². The van der Waals surface area contributed by atoms with Gasteiger partial charge < -0.3 is 19.1 Å². The number of fused-ring (bicyclic) bond motifs is 2. The summed E-state index contributed by atoms with van der Waals surface area (Å²) in [7, 11) is 0. The van der Waals surface area contributed by atoms with Gasteiger partial charge in [-0.1, -0.05) is 31.5 Å². The SMILES string of the molecule is CCCCOC(=O)CCN1CCC2(CC1)COc1ccc(OCc3ccccc3C(F)(F)F)cc12. The standard InChI is InChI=1S/C27H32F3NO4/c1-2-3-16-33-25(32)10-13-31-14-11-26(12-15-31)19-35-24-9-8-21(17-23(24)26)34-18-20-6-4-5-7-22(20)27(28,29)30/h4-9,17H,2-3,10-16,18-19H2,1H3. The Labute approximate surface area is 204 Å². The van der Waals surface area contributed by atoms with Gasteiger partial charge in [-0.05, 0) is 56.6 Å². The Hall–Kier alpha value is -2.74. The second-order valence-corrected chi connectivity index (χ2v) is 9.34. The molecular formula is C27H32F3NO4. The summed E-state index contributed by atoms with van der Waals surface area (Å²) in [5.41, 5.74) is 0.338. The fourth-order valence-electron chi connectivity index (χ4n) is 4.79. The van der Waals surface area contributed by atoms with Gasteiger partial charge in [-0.3, -0.25) is 4.79 Å². The van der Waals surface area contributed by atoms with Crippen molar-refractivity contribution in [2.45, 2.75) is 57.2 Å². The van der Waals surface area contributed by atoms with Gasteiger partial charge in [-0.15, -0.1) is 0 Å². The molecule has 1 spiro atoms. The van der Waals surface area contributed by atoms with E-state index in [0.29, 0.717) is 31.9 Å². The smallest absolute Gasteiger partial charge is 0.416 e. The molecule has 0 unspecified atom stereocenters. The zero-order chi connectivity index (χ0) is 24.9. The highest BCUT2D eigenvalue weighted by Gasteiger charge is 2.43. The Morgan fingerprint density at radius 3 is 2.66 bits per heavy atom. The van der Waals surface area contributed by atoms with E-state index in [1.54, 1.807) is 12.1 Å². The number of ether oxygens (including phenoxy) is 3. The van der Waals surface area contributed by atoms with Crippen molar-refractivity contribution in [2.24, 2.45) is 0 Å². The molecule has 0 aromatic heterocycles. The first kappa shape index (κ1) is 25.4. The number of hydrogen-bond acceptors (Lipinski definition) is 5. The molecule has 0 bridgehead atoms. The number of hydrogen-bond donors (Lipinski definition) is 0. The summed E-state index contributed by atoms with van der Waals surface area (Å²) in [6.45, 7) is 5.32. The fourth-order valence-corrected chi connectivity index (χ4v) is 4.79. The summed E-state index contributed by atoms with van der Waals surface area (Å²) in [4.78, 5) is 14.2. The molecule has 1 saturated heterocycles. The zero-order valence-corrected chi connectivity index (χ0v) is 20.0. The van der Waals surface area contributed by atoms with Gasteiger partial charge in [-0.25, -0.2) is 0 Å². The summed E-state index contributed by atoms with van der Waals surface area (Å²) in [6.07, 6.45) is -0.385. The number of unbranched alkanes of at least 4 members (excludes halogenated alkanes) is 1. The summed E-state index contributed by atoms with van der Waals surface area (Å²) >= 11 is 0. The minimum Gasteiger partial charge on any atom is -0.492 e. The first-order valence-corrected chi connectivity index (χ1v) is 12.2. The first-order chi connectivity index (χ1) is 16.8. The van der Waals surface area contributed by atoms with Crippen LogP contribution in [-0.2, 0) is 27.7 Å². The van der Waals surface area contributed by atoms with E-state index in [2.05, 4.69) is 11.8 Å². The van der Waals surface area contributed by atoms with E-state index in [9.17, 15) is 18.0 Å². The maximum Gasteiger partial charge on any atom is 0.416 e. The molecule has 1 fully saturated rings. The minimum atomic E-state index is -4.42. The molecule has 2 aliphatic rings. The fraction of sp³-hybridized carbons (Fsp3) is 0.519. The van der Waals surface area contributed by atoms with Crippen LogP contribution >= 0.6 is 0 Å². The van der Waals surface area contributed by atoms with Crippen LogP contribution in [-0.4, -0.2) is 43.7 Å². The molecule has 0 radical (unpaired) electrons. The van der Waals surface area contributed by atoms with Crippen LogP contribution in [0.15, 0.2) is 42.5 Å². The van der Waals surface area contributed by atoms with E-state index >= 15 is 0 Å². The second-order valence-electron chi connectivity index (χ2n) is 9.34. The Bertz CT molecular complexity index is 1020. The third-order valence-corrected chi connectivity index (χ3v) is 6.95. The quantitative estimate of drug-likeness (QED) is 0.331. The molecule has 35 heavy (non-hydrogen) atoms. The van der Waals surface area contributed by atoms with Gasteiger partial charge in [0.25, 0.3) is 0 Å². The highest BCUT2D eigenvalue weighted by atomic mass is 19.4. The van der Waals surface area contributed by atoms with Gasteiger partial charge in [0.05, 0.1) is 25.2 Å². The Balaban J connectivity index is 1.35. The number of esters is 1. The van der Waals surface area contributed by atoms with Crippen molar-refractivity contribution in [3.63, 3.8) is 0 Å². The molecule has 0 N–H and O–H groups in total. The number of carbonyl (C=O) groups excluding carboxylic acids is 1. The average molecular weight is 492 g/mol. The van der Waals surface area contributed by atoms with Crippen LogP contribution in [0.1, 0.15) is 55.7 Å². The van der Waals surface area contributed by atoms with E-state index in [1.165, 1.54) is 12.1 Å². The number of halogens is 3. The predicted molar refractivity (Wildman–Crippen MR) is 126 cm³/mol. The van der Waals surface area contributed by atoms with Gasteiger partial charge >= 0.3 is 12.1 Å². The van der Waals surface area contributed by atoms with Gasteiger partial charge in [-0.2, -0.15) is 13.2 Å². The maximum absolute atomic E-state index is 13.3. The number of piperidine rings is 1. The first-order valence-electron chi connectivity index (χ1n) is 12.2. The lowest BCUT2D eigenvalue weighted by Gasteiger charge is -2.38. The van der Waals surface area contributed by atoms with E-state index < -0.39 is 11.7 Å². The second kappa shape index (κ2) is 10.9. The van der Waals surface area contributed by atoms with Crippen molar-refractivity contribution in [1.29, 1.82) is 0 Å². The lowest BCUT2D eigenvalue weighted by molar-refractivity contribution is -0.144. The van der Waals surface area contributed by atoms with Crippen molar-refractivity contribution >= 4 is 5.97 Å². The number of carbonyl (C=O) groups is 1. The Morgan fingerprint density at radius 2 is 1.91 bits per heavy atom. The minimum absolute atomic E-state index is 0.105. The van der Waals surface area contributed by atoms with Gasteiger partial charge in [0.1, 0.15) is 18.1 Å². The molecule has 2 aliphatic heterocycles. The van der Waals surface area contributed by atoms with Crippen molar-refractivity contribution in [3.05, 3.63) is 59.2 Å². The van der Waals surface area contributed by atoms with Crippen molar-refractivity contribution in [2.75, 3.05) is 32.8 Å². The van der Waals surface area contributed by atoms with Crippen LogP contribution in [0.4, 0.5) is 13.2 Å². The molecule has 0 aliphatic carbocycles. The summed E-state index contributed by atoms with van der Waals surface area (Å²) in [5, 5.41) is 0. The van der Waals surface area contributed by atoms with E-state index in [1.807, 2.05) is 12.1 Å². The van der Waals surface area contributed by atoms with Crippen LogP contribution < -0.4 is 9.47 Å². The average Bonchev–Trinajstić information content (AvgIpc) is 3.19. The lowest BCUT2D eigenvalue weighted by Crippen LogP contribution is -2.44.